The molecule has 0 amide bonds. The number of hydrogen-bond donors (Lipinski definition) is 0. The van der Waals surface area contributed by atoms with Crippen molar-refractivity contribution in [2.45, 2.75) is 31.5 Å². The van der Waals surface area contributed by atoms with Gasteiger partial charge >= 0.3 is 6.01 Å². The van der Waals surface area contributed by atoms with E-state index in [0.717, 1.165) is 32.5 Å². The molecular formula is C17H23N5O2. The summed E-state index contributed by atoms with van der Waals surface area (Å²) in [7, 11) is 2.05. The van der Waals surface area contributed by atoms with Crippen LogP contribution in [-0.4, -0.2) is 56.3 Å². The van der Waals surface area contributed by atoms with Crippen LogP contribution < -0.4 is 4.74 Å². The highest BCUT2D eigenvalue weighted by Crippen LogP contribution is 2.35. The highest BCUT2D eigenvalue weighted by atomic mass is 16.5. The second kappa shape index (κ2) is 6.86. The van der Waals surface area contributed by atoms with Crippen LogP contribution in [0.25, 0.3) is 0 Å². The lowest BCUT2D eigenvalue weighted by Gasteiger charge is -2.39. The summed E-state index contributed by atoms with van der Waals surface area (Å²) in [5.74, 6) is 0.396. The molecule has 24 heavy (non-hydrogen) atoms. The Bertz CT molecular complexity index is 662. The molecule has 128 valence electrons. The molecule has 2 aromatic heterocycles. The normalized spacial score (nSPS) is 27.1. The number of imidazole rings is 1. The predicted octanol–water partition coefficient (Wildman–Crippen LogP) is 1.27. The summed E-state index contributed by atoms with van der Waals surface area (Å²) in [6, 6.07) is 2.70. The Morgan fingerprint density at radius 3 is 2.96 bits per heavy atom. The minimum atomic E-state index is 0.232. The second-order valence-corrected chi connectivity index (χ2v) is 6.55. The summed E-state index contributed by atoms with van der Waals surface area (Å²) in [6.45, 7) is 3.29. The van der Waals surface area contributed by atoms with Crippen LogP contribution in [0.2, 0.25) is 0 Å². The molecule has 2 fully saturated rings. The molecule has 0 spiro atoms. The fourth-order valence-electron chi connectivity index (χ4n) is 3.80. The van der Waals surface area contributed by atoms with Gasteiger partial charge in [-0.15, -0.1) is 0 Å². The highest BCUT2D eigenvalue weighted by molar-refractivity contribution is 5.02. The molecule has 1 saturated carbocycles. The zero-order valence-electron chi connectivity index (χ0n) is 13.9. The van der Waals surface area contributed by atoms with Gasteiger partial charge in [-0.05, 0) is 18.9 Å². The van der Waals surface area contributed by atoms with Crippen molar-refractivity contribution in [3.63, 3.8) is 0 Å². The molecule has 2 aliphatic rings. The fraction of sp³-hybridized carbons (Fsp3) is 0.588. The van der Waals surface area contributed by atoms with Gasteiger partial charge in [-0.25, -0.2) is 15.0 Å². The molecule has 0 N–H and O–H groups in total. The number of aryl methyl sites for hydroxylation is 1. The smallest absolute Gasteiger partial charge is 0.316 e. The minimum Gasteiger partial charge on any atom is -0.463 e. The maximum absolute atomic E-state index is 6.10. The lowest BCUT2D eigenvalue weighted by molar-refractivity contribution is -0.0824. The third-order valence-corrected chi connectivity index (χ3v) is 5.09. The van der Waals surface area contributed by atoms with Gasteiger partial charge < -0.3 is 14.0 Å². The molecule has 2 aromatic rings. The first-order valence-electron chi connectivity index (χ1n) is 8.52. The topological polar surface area (TPSA) is 65.3 Å². The van der Waals surface area contributed by atoms with Crippen LogP contribution >= 0.6 is 0 Å². The van der Waals surface area contributed by atoms with Crippen molar-refractivity contribution in [3.05, 3.63) is 36.7 Å². The monoisotopic (exact) mass is 329 g/mol. The van der Waals surface area contributed by atoms with Crippen molar-refractivity contribution in [3.8, 4) is 6.01 Å². The molecule has 7 nitrogen and oxygen atoms in total. The Morgan fingerprint density at radius 1 is 1.29 bits per heavy atom. The van der Waals surface area contributed by atoms with Crippen molar-refractivity contribution in [1.29, 1.82) is 0 Å². The van der Waals surface area contributed by atoms with E-state index in [4.69, 9.17) is 9.47 Å². The Kier molecular flexibility index (Phi) is 4.44. The van der Waals surface area contributed by atoms with E-state index in [9.17, 15) is 0 Å². The van der Waals surface area contributed by atoms with E-state index in [2.05, 4.69) is 24.4 Å². The van der Waals surface area contributed by atoms with Crippen LogP contribution in [0.5, 0.6) is 6.01 Å². The van der Waals surface area contributed by atoms with Crippen LogP contribution in [-0.2, 0) is 18.3 Å². The van der Waals surface area contributed by atoms with E-state index in [1.807, 2.05) is 19.6 Å². The maximum atomic E-state index is 6.10. The third-order valence-electron chi connectivity index (χ3n) is 5.09. The van der Waals surface area contributed by atoms with Crippen molar-refractivity contribution in [2.24, 2.45) is 13.0 Å². The molecule has 1 aliphatic heterocycles. The van der Waals surface area contributed by atoms with Gasteiger partial charge in [0.05, 0.1) is 31.3 Å². The number of fused-ring (bicyclic) bond motifs is 1. The first-order valence-corrected chi connectivity index (χ1v) is 8.52. The van der Waals surface area contributed by atoms with E-state index in [-0.39, 0.29) is 6.10 Å². The largest absolute Gasteiger partial charge is 0.463 e. The Labute approximate surface area is 141 Å². The number of rotatable bonds is 5. The molecule has 0 bridgehead atoms. The summed E-state index contributed by atoms with van der Waals surface area (Å²) in [5, 5.41) is 0. The lowest BCUT2D eigenvalue weighted by Crippen LogP contribution is -2.50. The lowest BCUT2D eigenvalue weighted by atomic mass is 10.0. The van der Waals surface area contributed by atoms with E-state index in [0.29, 0.717) is 24.6 Å². The van der Waals surface area contributed by atoms with Crippen molar-refractivity contribution >= 4 is 0 Å². The number of nitrogens with zero attached hydrogens (tertiary/aromatic N) is 5. The van der Waals surface area contributed by atoms with E-state index in [1.165, 1.54) is 5.69 Å². The highest BCUT2D eigenvalue weighted by Gasteiger charge is 2.43. The summed E-state index contributed by atoms with van der Waals surface area (Å²) in [4.78, 5) is 15.0. The molecule has 3 heterocycles. The van der Waals surface area contributed by atoms with Gasteiger partial charge in [-0.1, -0.05) is 0 Å². The number of morpholine rings is 1. The quantitative estimate of drug-likeness (QED) is 0.823. The molecular weight excluding hydrogens is 306 g/mol. The summed E-state index contributed by atoms with van der Waals surface area (Å²) in [5.41, 5.74) is 1.24. The molecule has 1 saturated heterocycles. The van der Waals surface area contributed by atoms with Crippen LogP contribution in [0.4, 0.5) is 0 Å². The summed E-state index contributed by atoms with van der Waals surface area (Å²) < 4.78 is 14.0. The van der Waals surface area contributed by atoms with Crippen molar-refractivity contribution in [2.75, 3.05) is 19.8 Å². The van der Waals surface area contributed by atoms with Crippen LogP contribution in [0.1, 0.15) is 18.5 Å². The summed E-state index contributed by atoms with van der Waals surface area (Å²) >= 11 is 0. The summed E-state index contributed by atoms with van der Waals surface area (Å²) in [6.07, 6.45) is 9.70. The fourth-order valence-corrected chi connectivity index (χ4v) is 3.80. The number of ether oxygens (including phenoxy) is 2. The maximum Gasteiger partial charge on any atom is 0.316 e. The van der Waals surface area contributed by atoms with Gasteiger partial charge in [0.15, 0.2) is 0 Å². The van der Waals surface area contributed by atoms with Gasteiger partial charge in [0.1, 0.15) is 0 Å². The first kappa shape index (κ1) is 15.5. The van der Waals surface area contributed by atoms with Gasteiger partial charge in [-0.2, -0.15) is 0 Å². The predicted molar refractivity (Wildman–Crippen MR) is 87.4 cm³/mol. The Hall–Kier alpha value is -1.99. The minimum absolute atomic E-state index is 0.232. The Balaban J connectivity index is 1.38. The van der Waals surface area contributed by atoms with Gasteiger partial charge in [0.2, 0.25) is 0 Å². The molecule has 1 aliphatic carbocycles. The zero-order chi connectivity index (χ0) is 16.4. The zero-order valence-corrected chi connectivity index (χ0v) is 13.9. The third kappa shape index (κ3) is 3.14. The molecule has 0 aromatic carbocycles. The molecule has 3 unspecified atom stereocenters. The van der Waals surface area contributed by atoms with Gasteiger partial charge in [0, 0.05) is 50.7 Å². The van der Waals surface area contributed by atoms with Crippen LogP contribution in [0.3, 0.4) is 0 Å². The average molecular weight is 329 g/mol. The Morgan fingerprint density at radius 2 is 2.17 bits per heavy atom. The van der Waals surface area contributed by atoms with Crippen molar-refractivity contribution < 1.29 is 9.47 Å². The SMILES string of the molecule is Cn1cncc1CN1CCOC2C(COc3ncccn3)CCC21. The molecule has 3 atom stereocenters. The number of hydrogen-bond acceptors (Lipinski definition) is 6. The molecule has 0 radical (unpaired) electrons. The number of aromatic nitrogens is 4. The van der Waals surface area contributed by atoms with Gasteiger partial charge in [-0.3, -0.25) is 4.90 Å². The second-order valence-electron chi connectivity index (χ2n) is 6.55. The van der Waals surface area contributed by atoms with Crippen molar-refractivity contribution in [1.82, 2.24) is 24.4 Å². The van der Waals surface area contributed by atoms with E-state index < -0.39 is 0 Å². The van der Waals surface area contributed by atoms with Gasteiger partial charge in [0.25, 0.3) is 0 Å². The van der Waals surface area contributed by atoms with E-state index in [1.54, 1.807) is 18.5 Å². The molecule has 7 heteroatoms. The van der Waals surface area contributed by atoms with E-state index >= 15 is 0 Å². The standard InChI is InChI=1S/C17H23N5O2/c1-21-12-18-9-14(21)10-22-7-8-23-16-13(3-4-15(16)22)11-24-17-19-5-2-6-20-17/h2,5-6,9,12-13,15-16H,3-4,7-8,10-11H2,1H3. The average Bonchev–Trinajstić information content (AvgIpc) is 3.21. The first-order chi connectivity index (χ1) is 11.8. The van der Waals surface area contributed by atoms with Crippen LogP contribution in [0, 0.1) is 5.92 Å². The molecule has 4 rings (SSSR count). The van der Waals surface area contributed by atoms with Crippen LogP contribution in [0.15, 0.2) is 31.0 Å².